The lowest BCUT2D eigenvalue weighted by Gasteiger charge is -2.10. The van der Waals surface area contributed by atoms with Gasteiger partial charge in [0.15, 0.2) is 0 Å². The van der Waals surface area contributed by atoms with E-state index in [9.17, 15) is 9.59 Å². The summed E-state index contributed by atoms with van der Waals surface area (Å²) in [4.78, 5) is 23.9. The quantitative estimate of drug-likeness (QED) is 0.621. The van der Waals surface area contributed by atoms with E-state index in [0.717, 1.165) is 11.4 Å². The molecule has 0 aromatic heterocycles. The maximum absolute atomic E-state index is 12.1. The van der Waals surface area contributed by atoms with Gasteiger partial charge in [-0.15, -0.1) is 0 Å². The van der Waals surface area contributed by atoms with E-state index in [1.54, 1.807) is 24.3 Å². The summed E-state index contributed by atoms with van der Waals surface area (Å²) >= 11 is 0. The van der Waals surface area contributed by atoms with Gasteiger partial charge in [0.25, 0.3) is 0 Å². The van der Waals surface area contributed by atoms with Gasteiger partial charge >= 0.3 is 0 Å². The van der Waals surface area contributed by atoms with Gasteiger partial charge in [-0.25, -0.2) is 0 Å². The molecule has 27 heavy (non-hydrogen) atoms. The summed E-state index contributed by atoms with van der Waals surface area (Å²) in [6.45, 7) is 6.66. The standard InChI is InChI=1S/C21H27N3O3/c1-4-27-19-7-5-6-18(13-19)22-14-21(26)24-17-10-8-16(9-11-17)23-20(25)12-15(2)3/h5-11,13,15,22H,4,12,14H2,1-3H3,(H,23,25)(H,24,26). The molecule has 6 heteroatoms. The Hall–Kier alpha value is -3.02. The molecule has 2 amide bonds. The number of carbonyl (C=O) groups excluding carboxylic acids is 2. The highest BCUT2D eigenvalue weighted by atomic mass is 16.5. The minimum atomic E-state index is -0.159. The summed E-state index contributed by atoms with van der Waals surface area (Å²) in [5, 5.41) is 8.73. The molecule has 0 spiro atoms. The maximum Gasteiger partial charge on any atom is 0.243 e. The van der Waals surface area contributed by atoms with E-state index < -0.39 is 0 Å². The fourth-order valence-electron chi connectivity index (χ4n) is 2.47. The van der Waals surface area contributed by atoms with E-state index in [1.807, 2.05) is 45.0 Å². The van der Waals surface area contributed by atoms with Crippen LogP contribution in [-0.2, 0) is 9.59 Å². The zero-order chi connectivity index (χ0) is 19.6. The summed E-state index contributed by atoms with van der Waals surface area (Å²) in [6, 6.07) is 14.5. The second-order valence-corrected chi connectivity index (χ2v) is 6.59. The van der Waals surface area contributed by atoms with Crippen LogP contribution >= 0.6 is 0 Å². The first kappa shape index (κ1) is 20.3. The van der Waals surface area contributed by atoms with Gasteiger partial charge in [-0.1, -0.05) is 19.9 Å². The van der Waals surface area contributed by atoms with Crippen molar-refractivity contribution in [3.63, 3.8) is 0 Å². The highest BCUT2D eigenvalue weighted by Gasteiger charge is 2.06. The van der Waals surface area contributed by atoms with Crippen molar-refractivity contribution in [1.82, 2.24) is 0 Å². The third-order valence-electron chi connectivity index (χ3n) is 3.64. The van der Waals surface area contributed by atoms with Gasteiger partial charge in [0.1, 0.15) is 5.75 Å². The molecule has 0 atom stereocenters. The fraction of sp³-hybridized carbons (Fsp3) is 0.333. The first-order chi connectivity index (χ1) is 13.0. The highest BCUT2D eigenvalue weighted by Crippen LogP contribution is 2.17. The number of amides is 2. The van der Waals surface area contributed by atoms with E-state index in [1.165, 1.54) is 0 Å². The molecule has 2 rings (SSSR count). The number of hydrogen-bond acceptors (Lipinski definition) is 4. The van der Waals surface area contributed by atoms with Crippen molar-refractivity contribution in [3.8, 4) is 5.75 Å². The molecule has 0 unspecified atom stereocenters. The van der Waals surface area contributed by atoms with E-state index in [2.05, 4.69) is 16.0 Å². The largest absolute Gasteiger partial charge is 0.494 e. The molecule has 0 bridgehead atoms. The smallest absolute Gasteiger partial charge is 0.243 e. The van der Waals surface area contributed by atoms with Crippen LogP contribution < -0.4 is 20.7 Å². The van der Waals surface area contributed by atoms with Crippen LogP contribution in [0.2, 0.25) is 0 Å². The Bertz CT molecular complexity index is 758. The van der Waals surface area contributed by atoms with Crippen LogP contribution in [0.15, 0.2) is 48.5 Å². The van der Waals surface area contributed by atoms with E-state index >= 15 is 0 Å². The number of anilines is 3. The number of rotatable bonds is 9. The molecule has 0 aliphatic carbocycles. The lowest BCUT2D eigenvalue weighted by atomic mass is 10.1. The van der Waals surface area contributed by atoms with Crippen LogP contribution in [0.3, 0.4) is 0 Å². The van der Waals surface area contributed by atoms with Crippen LogP contribution in [0.5, 0.6) is 5.75 Å². The Balaban J connectivity index is 1.81. The number of nitrogens with one attached hydrogen (secondary N) is 3. The van der Waals surface area contributed by atoms with Crippen LogP contribution in [0.25, 0.3) is 0 Å². The predicted molar refractivity (Wildman–Crippen MR) is 109 cm³/mol. The normalized spacial score (nSPS) is 10.4. The average Bonchev–Trinajstić information content (AvgIpc) is 2.62. The van der Waals surface area contributed by atoms with Gasteiger partial charge in [-0.05, 0) is 49.2 Å². The Morgan fingerprint density at radius 3 is 2.15 bits per heavy atom. The molecule has 2 aromatic rings. The first-order valence-corrected chi connectivity index (χ1v) is 9.12. The molecule has 0 aliphatic rings. The molecule has 0 saturated carbocycles. The van der Waals surface area contributed by atoms with Crippen molar-refractivity contribution in [3.05, 3.63) is 48.5 Å². The maximum atomic E-state index is 12.1. The second kappa shape index (κ2) is 10.2. The van der Waals surface area contributed by atoms with Crippen LogP contribution in [-0.4, -0.2) is 25.0 Å². The third-order valence-corrected chi connectivity index (χ3v) is 3.64. The molecular weight excluding hydrogens is 342 g/mol. The van der Waals surface area contributed by atoms with Crippen molar-refractivity contribution in [2.24, 2.45) is 5.92 Å². The summed E-state index contributed by atoms with van der Waals surface area (Å²) < 4.78 is 5.44. The summed E-state index contributed by atoms with van der Waals surface area (Å²) in [6.07, 6.45) is 0.481. The Morgan fingerprint density at radius 1 is 0.926 bits per heavy atom. The molecule has 2 aromatic carbocycles. The van der Waals surface area contributed by atoms with Gasteiger partial charge in [-0.2, -0.15) is 0 Å². The van der Waals surface area contributed by atoms with E-state index in [0.29, 0.717) is 30.3 Å². The first-order valence-electron chi connectivity index (χ1n) is 9.12. The monoisotopic (exact) mass is 369 g/mol. The summed E-state index contributed by atoms with van der Waals surface area (Å²) in [7, 11) is 0. The molecular formula is C21H27N3O3. The molecule has 0 heterocycles. The lowest BCUT2D eigenvalue weighted by Crippen LogP contribution is -2.21. The number of carbonyl (C=O) groups is 2. The zero-order valence-corrected chi connectivity index (χ0v) is 16.0. The summed E-state index contributed by atoms with van der Waals surface area (Å²) in [5.41, 5.74) is 2.20. The minimum Gasteiger partial charge on any atom is -0.494 e. The Morgan fingerprint density at radius 2 is 1.56 bits per heavy atom. The third kappa shape index (κ3) is 7.40. The van der Waals surface area contributed by atoms with Crippen molar-refractivity contribution >= 4 is 28.9 Å². The molecule has 0 fully saturated rings. The number of benzene rings is 2. The van der Waals surface area contributed by atoms with Gasteiger partial charge in [0, 0.05) is 29.5 Å². The van der Waals surface area contributed by atoms with E-state index in [4.69, 9.17) is 4.74 Å². The van der Waals surface area contributed by atoms with Crippen molar-refractivity contribution in [2.45, 2.75) is 27.2 Å². The SMILES string of the molecule is CCOc1cccc(NCC(=O)Nc2ccc(NC(=O)CC(C)C)cc2)c1. The van der Waals surface area contributed by atoms with Crippen LogP contribution in [0.1, 0.15) is 27.2 Å². The zero-order valence-electron chi connectivity index (χ0n) is 16.0. The van der Waals surface area contributed by atoms with Crippen molar-refractivity contribution in [1.29, 1.82) is 0 Å². The minimum absolute atomic E-state index is 0.0136. The average molecular weight is 369 g/mol. The van der Waals surface area contributed by atoms with Gasteiger partial charge in [-0.3, -0.25) is 9.59 Å². The Kier molecular flexibility index (Phi) is 7.67. The molecule has 0 aliphatic heterocycles. The predicted octanol–water partition coefficient (Wildman–Crippen LogP) is 4.12. The number of ether oxygens (including phenoxy) is 1. The number of hydrogen-bond donors (Lipinski definition) is 3. The molecule has 0 radical (unpaired) electrons. The lowest BCUT2D eigenvalue weighted by molar-refractivity contribution is -0.117. The molecule has 144 valence electrons. The molecule has 3 N–H and O–H groups in total. The van der Waals surface area contributed by atoms with Crippen molar-refractivity contribution < 1.29 is 14.3 Å². The van der Waals surface area contributed by atoms with Crippen LogP contribution in [0, 0.1) is 5.92 Å². The summed E-state index contributed by atoms with van der Waals surface area (Å²) in [5.74, 6) is 0.900. The van der Waals surface area contributed by atoms with Gasteiger partial charge in [0.2, 0.25) is 11.8 Å². The van der Waals surface area contributed by atoms with Gasteiger partial charge < -0.3 is 20.7 Å². The highest BCUT2D eigenvalue weighted by molar-refractivity contribution is 5.94. The fourth-order valence-corrected chi connectivity index (χ4v) is 2.47. The van der Waals surface area contributed by atoms with E-state index in [-0.39, 0.29) is 18.4 Å². The molecule has 0 saturated heterocycles. The second-order valence-electron chi connectivity index (χ2n) is 6.59. The topological polar surface area (TPSA) is 79.5 Å². The Labute approximate surface area is 160 Å². The van der Waals surface area contributed by atoms with Crippen LogP contribution in [0.4, 0.5) is 17.1 Å². The van der Waals surface area contributed by atoms with Gasteiger partial charge in [0.05, 0.1) is 13.2 Å². The molecule has 6 nitrogen and oxygen atoms in total. The van der Waals surface area contributed by atoms with Crippen molar-refractivity contribution in [2.75, 3.05) is 29.1 Å².